The van der Waals surface area contributed by atoms with Crippen molar-refractivity contribution in [3.05, 3.63) is 41.1 Å². The summed E-state index contributed by atoms with van der Waals surface area (Å²) in [5.41, 5.74) is 0.506. The molecule has 3 nitrogen and oxygen atoms in total. The Hall–Kier alpha value is -1.98. The van der Waals surface area contributed by atoms with Crippen molar-refractivity contribution in [1.82, 2.24) is 10.2 Å². The maximum atomic E-state index is 12.8. The van der Waals surface area contributed by atoms with Crippen LogP contribution in [0, 0.1) is 0 Å². The summed E-state index contributed by atoms with van der Waals surface area (Å²) >= 11 is 0. The van der Waals surface area contributed by atoms with Gasteiger partial charge in [0.1, 0.15) is 0 Å². The van der Waals surface area contributed by atoms with Gasteiger partial charge in [-0.25, -0.2) is 0 Å². The van der Waals surface area contributed by atoms with Crippen LogP contribution >= 0.6 is 0 Å². The van der Waals surface area contributed by atoms with Crippen LogP contribution in [0.4, 0.5) is 13.2 Å². The Morgan fingerprint density at radius 1 is 1.29 bits per heavy atom. The Morgan fingerprint density at radius 3 is 2.48 bits per heavy atom. The molecule has 2 rings (SSSR count). The topological polar surface area (TPSA) is 32.3 Å². The van der Waals surface area contributed by atoms with Gasteiger partial charge in [-0.15, -0.1) is 0 Å². The summed E-state index contributed by atoms with van der Waals surface area (Å²) < 4.78 is 38.4. The van der Waals surface area contributed by atoms with Gasteiger partial charge >= 0.3 is 6.18 Å². The van der Waals surface area contributed by atoms with Crippen LogP contribution in [-0.4, -0.2) is 30.4 Å². The van der Waals surface area contributed by atoms with Gasteiger partial charge in [-0.1, -0.05) is 12.1 Å². The fourth-order valence-electron chi connectivity index (χ4n) is 2.36. The van der Waals surface area contributed by atoms with E-state index in [2.05, 4.69) is 5.32 Å². The molecule has 0 radical (unpaired) electrons. The third-order valence-corrected chi connectivity index (χ3v) is 3.51. The van der Waals surface area contributed by atoms with Crippen molar-refractivity contribution in [3.8, 4) is 0 Å². The first kappa shape index (κ1) is 15.4. The standard InChI is InChI=1S/C15H17F3N2O/c1-9(2)20-8-12(19-3)13(14(20)21)10-5-4-6-11(7-10)15(16,17)18/h4-7,9,19H,8H2,1-3H3. The highest BCUT2D eigenvalue weighted by molar-refractivity contribution is 6.22. The van der Waals surface area contributed by atoms with E-state index >= 15 is 0 Å². The maximum absolute atomic E-state index is 12.8. The number of hydrogen-bond acceptors (Lipinski definition) is 2. The van der Waals surface area contributed by atoms with Crippen LogP contribution in [-0.2, 0) is 11.0 Å². The normalized spacial score (nSPS) is 16.1. The summed E-state index contributed by atoms with van der Waals surface area (Å²) in [7, 11) is 1.67. The van der Waals surface area contributed by atoms with Crippen LogP contribution in [0.25, 0.3) is 5.57 Å². The van der Waals surface area contributed by atoms with Crippen LogP contribution < -0.4 is 5.32 Å². The molecule has 0 bridgehead atoms. The van der Waals surface area contributed by atoms with Gasteiger partial charge in [0.2, 0.25) is 0 Å². The number of rotatable bonds is 3. The molecule has 1 aromatic carbocycles. The van der Waals surface area contributed by atoms with Gasteiger partial charge < -0.3 is 10.2 Å². The quantitative estimate of drug-likeness (QED) is 0.930. The molecule has 0 saturated carbocycles. The zero-order valence-electron chi connectivity index (χ0n) is 12.1. The largest absolute Gasteiger partial charge is 0.416 e. The first-order valence-electron chi connectivity index (χ1n) is 6.65. The Labute approximate surface area is 121 Å². The molecule has 0 aromatic heterocycles. The molecule has 1 aliphatic rings. The molecule has 1 aliphatic heterocycles. The fraction of sp³-hybridized carbons (Fsp3) is 0.400. The van der Waals surface area contributed by atoms with E-state index in [1.807, 2.05) is 13.8 Å². The minimum absolute atomic E-state index is 0.0100. The SMILES string of the molecule is CNC1=C(c2cccc(C(F)(F)F)c2)C(=O)N(C(C)C)C1. The lowest BCUT2D eigenvalue weighted by Crippen LogP contribution is -2.34. The third kappa shape index (κ3) is 2.89. The zero-order chi connectivity index (χ0) is 15.8. The van der Waals surface area contributed by atoms with Crippen LogP contribution in [0.15, 0.2) is 30.0 Å². The average molecular weight is 298 g/mol. The summed E-state index contributed by atoms with van der Waals surface area (Å²) in [4.78, 5) is 14.1. The molecule has 21 heavy (non-hydrogen) atoms. The highest BCUT2D eigenvalue weighted by atomic mass is 19.4. The lowest BCUT2D eigenvalue weighted by Gasteiger charge is -2.21. The van der Waals surface area contributed by atoms with E-state index in [1.54, 1.807) is 11.9 Å². The smallest absolute Gasteiger partial charge is 0.389 e. The monoisotopic (exact) mass is 298 g/mol. The second-order valence-corrected chi connectivity index (χ2v) is 5.21. The van der Waals surface area contributed by atoms with Crippen molar-refractivity contribution in [3.63, 3.8) is 0 Å². The third-order valence-electron chi connectivity index (χ3n) is 3.51. The van der Waals surface area contributed by atoms with Crippen LogP contribution in [0.1, 0.15) is 25.0 Å². The van der Waals surface area contributed by atoms with E-state index < -0.39 is 11.7 Å². The highest BCUT2D eigenvalue weighted by Gasteiger charge is 2.35. The van der Waals surface area contributed by atoms with Crippen molar-refractivity contribution in [2.75, 3.05) is 13.6 Å². The number of alkyl halides is 3. The molecule has 0 unspecified atom stereocenters. The molecule has 0 aliphatic carbocycles. The van der Waals surface area contributed by atoms with Crippen LogP contribution in [0.2, 0.25) is 0 Å². The molecule has 114 valence electrons. The Kier molecular flexibility index (Phi) is 3.98. The fourth-order valence-corrected chi connectivity index (χ4v) is 2.36. The molecular formula is C15H17F3N2O. The second kappa shape index (κ2) is 5.42. The summed E-state index contributed by atoms with van der Waals surface area (Å²) in [5.74, 6) is -0.242. The summed E-state index contributed by atoms with van der Waals surface area (Å²) in [6, 6.07) is 4.87. The molecule has 1 aromatic rings. The van der Waals surface area contributed by atoms with Crippen molar-refractivity contribution in [2.24, 2.45) is 0 Å². The number of hydrogen-bond donors (Lipinski definition) is 1. The van der Waals surface area contributed by atoms with Crippen molar-refractivity contribution in [2.45, 2.75) is 26.1 Å². The molecule has 0 fully saturated rings. The van der Waals surface area contributed by atoms with Crippen LogP contribution in [0.3, 0.4) is 0 Å². The van der Waals surface area contributed by atoms with Gasteiger partial charge in [0, 0.05) is 18.8 Å². The Bertz CT molecular complexity index is 591. The molecule has 1 N–H and O–H groups in total. The van der Waals surface area contributed by atoms with Crippen molar-refractivity contribution in [1.29, 1.82) is 0 Å². The zero-order valence-corrected chi connectivity index (χ0v) is 12.1. The number of carbonyl (C=O) groups excluding carboxylic acids is 1. The Morgan fingerprint density at radius 2 is 1.95 bits per heavy atom. The minimum atomic E-state index is -4.42. The summed E-state index contributed by atoms with van der Waals surface area (Å²) in [5, 5.41) is 2.92. The van der Waals surface area contributed by atoms with Gasteiger partial charge in [0.25, 0.3) is 5.91 Å². The molecular weight excluding hydrogens is 281 g/mol. The lowest BCUT2D eigenvalue weighted by molar-refractivity contribution is -0.137. The van der Waals surface area contributed by atoms with Gasteiger partial charge in [-0.05, 0) is 31.5 Å². The number of nitrogens with zero attached hydrogens (tertiary/aromatic N) is 1. The van der Waals surface area contributed by atoms with Gasteiger partial charge in [0.15, 0.2) is 0 Å². The van der Waals surface area contributed by atoms with Gasteiger partial charge in [-0.3, -0.25) is 4.79 Å². The molecule has 0 atom stereocenters. The predicted molar refractivity (Wildman–Crippen MR) is 74.3 cm³/mol. The molecule has 0 saturated heterocycles. The van der Waals surface area contributed by atoms with E-state index in [-0.39, 0.29) is 11.9 Å². The number of nitrogens with one attached hydrogen (secondary N) is 1. The molecule has 1 heterocycles. The Balaban J connectivity index is 2.47. The molecule has 1 amide bonds. The summed E-state index contributed by atoms with van der Waals surface area (Å²) in [6.07, 6.45) is -4.42. The second-order valence-electron chi connectivity index (χ2n) is 5.21. The van der Waals surface area contributed by atoms with Gasteiger partial charge in [-0.2, -0.15) is 13.2 Å². The predicted octanol–water partition coefficient (Wildman–Crippen LogP) is 2.89. The minimum Gasteiger partial charge on any atom is -0.389 e. The first-order valence-corrected chi connectivity index (χ1v) is 6.65. The number of halogens is 3. The van der Waals surface area contributed by atoms with E-state index in [0.29, 0.717) is 23.4 Å². The molecule has 6 heteroatoms. The van der Waals surface area contributed by atoms with Crippen molar-refractivity contribution >= 4 is 11.5 Å². The number of likely N-dealkylation sites (N-methyl/N-ethyl adjacent to an activating group) is 1. The number of benzene rings is 1. The highest BCUT2D eigenvalue weighted by Crippen LogP contribution is 2.33. The first-order chi connectivity index (χ1) is 9.75. The maximum Gasteiger partial charge on any atom is 0.416 e. The average Bonchev–Trinajstić information content (AvgIpc) is 2.75. The summed E-state index contributed by atoms with van der Waals surface area (Å²) in [6.45, 7) is 4.14. The van der Waals surface area contributed by atoms with Crippen molar-refractivity contribution < 1.29 is 18.0 Å². The molecule has 0 spiro atoms. The number of amides is 1. The van der Waals surface area contributed by atoms with E-state index in [9.17, 15) is 18.0 Å². The van der Waals surface area contributed by atoms with E-state index in [0.717, 1.165) is 12.1 Å². The van der Waals surface area contributed by atoms with E-state index in [4.69, 9.17) is 0 Å². The lowest BCUT2D eigenvalue weighted by atomic mass is 10.0. The van der Waals surface area contributed by atoms with E-state index in [1.165, 1.54) is 12.1 Å². The van der Waals surface area contributed by atoms with Crippen LogP contribution in [0.5, 0.6) is 0 Å². The number of carbonyl (C=O) groups is 1. The van der Waals surface area contributed by atoms with Gasteiger partial charge in [0.05, 0.1) is 17.7 Å².